The summed E-state index contributed by atoms with van der Waals surface area (Å²) in [4.78, 5) is 0. The monoisotopic (exact) mass is 279 g/mol. The van der Waals surface area contributed by atoms with E-state index in [1.54, 1.807) is 0 Å². The van der Waals surface area contributed by atoms with Crippen LogP contribution in [-0.2, 0) is 0 Å². The van der Waals surface area contributed by atoms with Gasteiger partial charge in [-0.2, -0.15) is 0 Å². The lowest BCUT2D eigenvalue weighted by atomic mass is 10.0. The molecule has 0 saturated carbocycles. The first kappa shape index (κ1) is 17.0. The summed E-state index contributed by atoms with van der Waals surface area (Å²) in [6.45, 7) is 13.4. The number of hydrogen-bond acceptors (Lipinski definition) is 3. The molecule has 114 valence electrons. The van der Waals surface area contributed by atoms with Gasteiger partial charge in [0.1, 0.15) is 18.5 Å². The summed E-state index contributed by atoms with van der Waals surface area (Å²) in [5.74, 6) is 1.30. The van der Waals surface area contributed by atoms with Gasteiger partial charge in [0.25, 0.3) is 0 Å². The standard InChI is InChI=1S/C17H29NO2/c1-12(2)15-8-7-13(3)9-16(15)20-11-14(19)10-18-17(4,5)6/h7-9,12,14,18-19H,10-11H2,1-6H3/t14-/m0/s1. The molecule has 0 radical (unpaired) electrons. The van der Waals surface area contributed by atoms with E-state index >= 15 is 0 Å². The number of ether oxygens (including phenoxy) is 1. The maximum Gasteiger partial charge on any atom is 0.123 e. The summed E-state index contributed by atoms with van der Waals surface area (Å²) in [6, 6.07) is 6.24. The molecule has 0 spiro atoms. The number of nitrogens with one attached hydrogen (secondary N) is 1. The van der Waals surface area contributed by atoms with E-state index in [-0.39, 0.29) is 5.54 Å². The van der Waals surface area contributed by atoms with E-state index in [2.05, 4.69) is 59.0 Å². The molecule has 0 saturated heterocycles. The number of aryl methyl sites for hydroxylation is 1. The third-order valence-electron chi connectivity index (χ3n) is 3.09. The van der Waals surface area contributed by atoms with Crippen LogP contribution in [0.25, 0.3) is 0 Å². The van der Waals surface area contributed by atoms with Gasteiger partial charge in [-0.1, -0.05) is 26.0 Å². The molecule has 0 heterocycles. The Morgan fingerprint density at radius 2 is 1.90 bits per heavy atom. The van der Waals surface area contributed by atoms with Gasteiger partial charge in [-0.25, -0.2) is 0 Å². The predicted octanol–water partition coefficient (Wildman–Crippen LogP) is 3.25. The average Bonchev–Trinajstić information content (AvgIpc) is 2.32. The molecule has 0 unspecified atom stereocenters. The molecule has 0 bridgehead atoms. The normalized spacial score (nSPS) is 13.6. The highest BCUT2D eigenvalue weighted by Crippen LogP contribution is 2.27. The van der Waals surface area contributed by atoms with Crippen molar-refractivity contribution in [1.29, 1.82) is 0 Å². The molecule has 1 aromatic carbocycles. The van der Waals surface area contributed by atoms with Crippen LogP contribution in [-0.4, -0.2) is 29.9 Å². The summed E-state index contributed by atoms with van der Waals surface area (Å²) in [6.07, 6.45) is -0.505. The van der Waals surface area contributed by atoms with Gasteiger partial charge in [-0.05, 0) is 50.8 Å². The Morgan fingerprint density at radius 3 is 2.45 bits per heavy atom. The maximum atomic E-state index is 9.99. The fraction of sp³-hybridized carbons (Fsp3) is 0.647. The minimum Gasteiger partial charge on any atom is -0.491 e. The Balaban J connectivity index is 2.58. The van der Waals surface area contributed by atoms with Crippen LogP contribution in [0.4, 0.5) is 0 Å². The molecule has 0 aliphatic heterocycles. The molecule has 0 amide bonds. The lowest BCUT2D eigenvalue weighted by molar-refractivity contribution is 0.0994. The van der Waals surface area contributed by atoms with Gasteiger partial charge in [0.05, 0.1) is 0 Å². The average molecular weight is 279 g/mol. The fourth-order valence-corrected chi connectivity index (χ4v) is 1.91. The number of aliphatic hydroxyl groups is 1. The molecule has 1 aromatic rings. The number of hydrogen-bond donors (Lipinski definition) is 2. The van der Waals surface area contributed by atoms with Crippen LogP contribution in [0.2, 0.25) is 0 Å². The number of rotatable bonds is 6. The minimum absolute atomic E-state index is 0.00735. The molecule has 1 rings (SSSR count). The Labute approximate surface area is 123 Å². The first-order valence-corrected chi connectivity index (χ1v) is 7.35. The molecule has 0 aliphatic rings. The van der Waals surface area contributed by atoms with Gasteiger partial charge in [0.15, 0.2) is 0 Å². The number of aliphatic hydroxyl groups excluding tert-OH is 1. The van der Waals surface area contributed by atoms with E-state index in [1.807, 2.05) is 6.07 Å². The Morgan fingerprint density at radius 1 is 1.25 bits per heavy atom. The number of β-amino-alcohol motifs (C(OH)–C–C–N with tert-alkyl or cyclic N) is 1. The largest absolute Gasteiger partial charge is 0.491 e. The first-order chi connectivity index (χ1) is 9.19. The molecule has 1 atom stereocenters. The van der Waals surface area contributed by atoms with E-state index in [9.17, 15) is 5.11 Å². The highest BCUT2D eigenvalue weighted by atomic mass is 16.5. The number of benzene rings is 1. The first-order valence-electron chi connectivity index (χ1n) is 7.35. The van der Waals surface area contributed by atoms with Crippen LogP contribution in [0.3, 0.4) is 0 Å². The van der Waals surface area contributed by atoms with E-state index in [1.165, 1.54) is 11.1 Å². The van der Waals surface area contributed by atoms with E-state index in [0.29, 0.717) is 19.1 Å². The quantitative estimate of drug-likeness (QED) is 0.840. The topological polar surface area (TPSA) is 41.5 Å². The van der Waals surface area contributed by atoms with Gasteiger partial charge in [0.2, 0.25) is 0 Å². The lowest BCUT2D eigenvalue weighted by Crippen LogP contribution is -2.42. The van der Waals surface area contributed by atoms with Crippen LogP contribution >= 0.6 is 0 Å². The molecular formula is C17H29NO2. The second-order valence-corrected chi connectivity index (χ2v) is 6.79. The van der Waals surface area contributed by atoms with Crippen molar-refractivity contribution in [2.45, 2.75) is 59.1 Å². The molecule has 3 heteroatoms. The van der Waals surface area contributed by atoms with Gasteiger partial charge in [0, 0.05) is 12.1 Å². The molecular weight excluding hydrogens is 250 g/mol. The van der Waals surface area contributed by atoms with Crippen molar-refractivity contribution in [3.63, 3.8) is 0 Å². The zero-order valence-electron chi connectivity index (χ0n) is 13.7. The molecule has 20 heavy (non-hydrogen) atoms. The Hall–Kier alpha value is -1.06. The molecule has 3 nitrogen and oxygen atoms in total. The van der Waals surface area contributed by atoms with Crippen LogP contribution in [0.5, 0.6) is 5.75 Å². The smallest absolute Gasteiger partial charge is 0.123 e. The van der Waals surface area contributed by atoms with Crippen LogP contribution in [0.1, 0.15) is 51.7 Å². The van der Waals surface area contributed by atoms with Gasteiger partial charge < -0.3 is 15.2 Å². The predicted molar refractivity (Wildman–Crippen MR) is 84.5 cm³/mol. The van der Waals surface area contributed by atoms with Crippen molar-refractivity contribution in [3.8, 4) is 5.75 Å². The van der Waals surface area contributed by atoms with Crippen LogP contribution < -0.4 is 10.1 Å². The molecule has 0 aromatic heterocycles. The van der Waals surface area contributed by atoms with Crippen molar-refractivity contribution in [2.75, 3.05) is 13.2 Å². The van der Waals surface area contributed by atoms with Crippen molar-refractivity contribution in [3.05, 3.63) is 29.3 Å². The molecule has 0 aliphatic carbocycles. The lowest BCUT2D eigenvalue weighted by Gasteiger charge is -2.23. The van der Waals surface area contributed by atoms with Crippen molar-refractivity contribution < 1.29 is 9.84 Å². The van der Waals surface area contributed by atoms with Crippen LogP contribution in [0.15, 0.2) is 18.2 Å². The maximum absolute atomic E-state index is 9.99. The molecule has 2 N–H and O–H groups in total. The van der Waals surface area contributed by atoms with Crippen molar-refractivity contribution in [2.24, 2.45) is 0 Å². The summed E-state index contributed by atoms with van der Waals surface area (Å²) < 4.78 is 5.82. The SMILES string of the molecule is Cc1ccc(C(C)C)c(OC[C@@H](O)CNC(C)(C)C)c1. The van der Waals surface area contributed by atoms with Gasteiger partial charge in [-0.15, -0.1) is 0 Å². The summed E-state index contributed by atoms with van der Waals surface area (Å²) >= 11 is 0. The zero-order chi connectivity index (χ0) is 15.3. The molecule has 0 fully saturated rings. The van der Waals surface area contributed by atoms with Crippen molar-refractivity contribution in [1.82, 2.24) is 5.32 Å². The minimum atomic E-state index is -0.505. The summed E-state index contributed by atoms with van der Waals surface area (Å²) in [5, 5.41) is 13.3. The van der Waals surface area contributed by atoms with Crippen LogP contribution in [0, 0.1) is 6.92 Å². The summed E-state index contributed by atoms with van der Waals surface area (Å²) in [7, 11) is 0. The summed E-state index contributed by atoms with van der Waals surface area (Å²) in [5.41, 5.74) is 2.37. The zero-order valence-corrected chi connectivity index (χ0v) is 13.7. The highest BCUT2D eigenvalue weighted by molar-refractivity contribution is 5.39. The van der Waals surface area contributed by atoms with E-state index < -0.39 is 6.10 Å². The highest BCUT2D eigenvalue weighted by Gasteiger charge is 2.14. The van der Waals surface area contributed by atoms with E-state index in [0.717, 1.165) is 5.75 Å². The van der Waals surface area contributed by atoms with Crippen molar-refractivity contribution >= 4 is 0 Å². The Bertz CT molecular complexity index is 421. The third-order valence-corrected chi connectivity index (χ3v) is 3.09. The fourth-order valence-electron chi connectivity index (χ4n) is 1.91. The van der Waals surface area contributed by atoms with E-state index in [4.69, 9.17) is 4.74 Å². The Kier molecular flexibility index (Phi) is 6.03. The second-order valence-electron chi connectivity index (χ2n) is 6.79. The van der Waals surface area contributed by atoms with Gasteiger partial charge in [-0.3, -0.25) is 0 Å². The third kappa shape index (κ3) is 5.93. The second kappa shape index (κ2) is 7.09. The van der Waals surface area contributed by atoms with Gasteiger partial charge >= 0.3 is 0 Å².